The molecule has 1 aromatic rings. The van der Waals surface area contributed by atoms with Gasteiger partial charge in [-0.3, -0.25) is 19.3 Å². The van der Waals surface area contributed by atoms with Gasteiger partial charge in [0.1, 0.15) is 0 Å². The number of anilines is 1. The predicted molar refractivity (Wildman–Crippen MR) is 76.3 cm³/mol. The van der Waals surface area contributed by atoms with Crippen molar-refractivity contribution >= 4 is 35.5 Å². The zero-order valence-corrected chi connectivity index (χ0v) is 11.8. The number of carbonyl (C=O) groups excluding carboxylic acids is 3. The van der Waals surface area contributed by atoms with Crippen molar-refractivity contribution in [1.29, 1.82) is 0 Å². The van der Waals surface area contributed by atoms with Gasteiger partial charge >= 0.3 is 11.8 Å². The first-order chi connectivity index (χ1) is 9.49. The van der Waals surface area contributed by atoms with Gasteiger partial charge in [-0.2, -0.15) is 0 Å². The molecule has 1 aromatic carbocycles. The molecule has 0 fully saturated rings. The number of nitrogens with zero attached hydrogens (tertiary/aromatic N) is 1. The number of carbonyl (C=O) groups is 3. The summed E-state index contributed by atoms with van der Waals surface area (Å²) in [6, 6.07) is 4.85. The molecule has 7 heteroatoms. The summed E-state index contributed by atoms with van der Waals surface area (Å²) < 4.78 is 0. The highest BCUT2D eigenvalue weighted by molar-refractivity contribution is 6.41. The van der Waals surface area contributed by atoms with E-state index in [2.05, 4.69) is 5.32 Å². The van der Waals surface area contributed by atoms with Crippen molar-refractivity contribution in [2.45, 2.75) is 13.3 Å². The van der Waals surface area contributed by atoms with Crippen LogP contribution in [0.25, 0.3) is 0 Å². The van der Waals surface area contributed by atoms with Gasteiger partial charge in [-0.15, -0.1) is 0 Å². The lowest BCUT2D eigenvalue weighted by Gasteiger charge is -2.15. The van der Waals surface area contributed by atoms with E-state index in [-0.39, 0.29) is 6.54 Å². The molecule has 0 aromatic heterocycles. The van der Waals surface area contributed by atoms with E-state index in [1.807, 2.05) is 0 Å². The molecule has 20 heavy (non-hydrogen) atoms. The van der Waals surface area contributed by atoms with Gasteiger partial charge < -0.3 is 11.1 Å². The number of nitrogens with one attached hydrogen (secondary N) is 1. The molecule has 3 N–H and O–H groups in total. The summed E-state index contributed by atoms with van der Waals surface area (Å²) in [5, 5.41) is 2.98. The molecule has 6 nitrogen and oxygen atoms in total. The number of hydrogen-bond donors (Lipinski definition) is 2. The van der Waals surface area contributed by atoms with Crippen molar-refractivity contribution in [3.8, 4) is 0 Å². The van der Waals surface area contributed by atoms with Gasteiger partial charge in [0.15, 0.2) is 0 Å². The van der Waals surface area contributed by atoms with E-state index in [0.717, 1.165) is 10.5 Å². The van der Waals surface area contributed by atoms with Crippen molar-refractivity contribution < 1.29 is 14.4 Å². The SMILES string of the molecule is Cc1cc(Cl)ccc1NC(=O)C(=O)N(C=O)CCCN. The van der Waals surface area contributed by atoms with Crippen LogP contribution in [0.15, 0.2) is 18.2 Å². The van der Waals surface area contributed by atoms with Crippen LogP contribution in [0.5, 0.6) is 0 Å². The van der Waals surface area contributed by atoms with E-state index < -0.39 is 11.8 Å². The third-order valence-corrected chi connectivity index (χ3v) is 2.86. The Labute approximate surface area is 121 Å². The van der Waals surface area contributed by atoms with E-state index in [9.17, 15) is 14.4 Å². The summed E-state index contributed by atoms with van der Waals surface area (Å²) in [6.07, 6.45) is 0.768. The molecule has 0 atom stereocenters. The second-order valence-electron chi connectivity index (χ2n) is 4.16. The van der Waals surface area contributed by atoms with Crippen LogP contribution in [0.3, 0.4) is 0 Å². The smallest absolute Gasteiger partial charge is 0.318 e. The Morgan fingerprint density at radius 2 is 2.15 bits per heavy atom. The first-order valence-corrected chi connectivity index (χ1v) is 6.41. The third kappa shape index (κ3) is 4.32. The highest BCUT2D eigenvalue weighted by Gasteiger charge is 2.21. The molecule has 108 valence electrons. The molecule has 0 aliphatic carbocycles. The lowest BCUT2D eigenvalue weighted by molar-refractivity contribution is -0.146. The monoisotopic (exact) mass is 297 g/mol. The molecular weight excluding hydrogens is 282 g/mol. The van der Waals surface area contributed by atoms with Crippen LogP contribution in [0.1, 0.15) is 12.0 Å². The molecule has 0 heterocycles. The molecule has 0 saturated heterocycles. The zero-order valence-electron chi connectivity index (χ0n) is 11.1. The summed E-state index contributed by atoms with van der Waals surface area (Å²) in [6.45, 7) is 2.19. The van der Waals surface area contributed by atoms with Gasteiger partial charge in [0.05, 0.1) is 0 Å². The van der Waals surface area contributed by atoms with E-state index in [1.54, 1.807) is 25.1 Å². The van der Waals surface area contributed by atoms with Crippen molar-refractivity contribution in [1.82, 2.24) is 4.90 Å². The van der Waals surface area contributed by atoms with Gasteiger partial charge in [-0.1, -0.05) is 11.6 Å². The van der Waals surface area contributed by atoms with E-state index >= 15 is 0 Å². The Balaban J connectivity index is 2.74. The number of imide groups is 1. The molecule has 0 aliphatic rings. The van der Waals surface area contributed by atoms with Crippen LogP contribution < -0.4 is 11.1 Å². The van der Waals surface area contributed by atoms with E-state index in [1.165, 1.54) is 0 Å². The second-order valence-corrected chi connectivity index (χ2v) is 4.60. The van der Waals surface area contributed by atoms with Gasteiger partial charge in [0.2, 0.25) is 6.41 Å². The minimum Gasteiger partial charge on any atom is -0.330 e. The molecule has 3 amide bonds. The minimum atomic E-state index is -0.914. The lowest BCUT2D eigenvalue weighted by atomic mass is 10.2. The molecule has 0 radical (unpaired) electrons. The maximum atomic E-state index is 11.8. The maximum absolute atomic E-state index is 11.8. The van der Waals surface area contributed by atoms with E-state index in [0.29, 0.717) is 30.1 Å². The quantitative estimate of drug-likeness (QED) is 0.624. The summed E-state index contributed by atoms with van der Waals surface area (Å²) in [4.78, 5) is 35.2. The Bertz CT molecular complexity index is 520. The highest BCUT2D eigenvalue weighted by atomic mass is 35.5. The van der Waals surface area contributed by atoms with E-state index in [4.69, 9.17) is 17.3 Å². The van der Waals surface area contributed by atoms with Crippen LogP contribution in [-0.2, 0) is 14.4 Å². The zero-order chi connectivity index (χ0) is 15.1. The second kappa shape index (κ2) is 7.62. The lowest BCUT2D eigenvalue weighted by Crippen LogP contribution is -2.40. The fourth-order valence-corrected chi connectivity index (χ4v) is 1.76. The topological polar surface area (TPSA) is 92.5 Å². The third-order valence-electron chi connectivity index (χ3n) is 2.62. The normalized spacial score (nSPS) is 9.95. The molecule has 0 saturated carbocycles. The first kappa shape index (κ1) is 16.1. The average Bonchev–Trinajstić information content (AvgIpc) is 2.42. The molecule has 1 rings (SSSR count). The number of amides is 3. The molecule has 0 spiro atoms. The number of aryl methyl sites for hydroxylation is 1. The number of hydrogen-bond acceptors (Lipinski definition) is 4. The van der Waals surface area contributed by atoms with Crippen LogP contribution in [-0.4, -0.2) is 36.2 Å². The number of nitrogens with two attached hydrogens (primary N) is 1. The standard InChI is InChI=1S/C13H16ClN3O3/c1-9-7-10(14)3-4-11(9)16-12(19)13(20)17(8-18)6-2-5-15/h3-4,7-8H,2,5-6,15H2,1H3,(H,16,19). The molecule has 0 bridgehead atoms. The van der Waals surface area contributed by atoms with Gasteiger partial charge in [0.25, 0.3) is 0 Å². The van der Waals surface area contributed by atoms with Gasteiger partial charge in [-0.05, 0) is 43.7 Å². The number of halogens is 1. The summed E-state index contributed by atoms with van der Waals surface area (Å²) in [5.41, 5.74) is 6.49. The van der Waals surface area contributed by atoms with Crippen molar-refractivity contribution in [3.63, 3.8) is 0 Å². The average molecular weight is 298 g/mol. The first-order valence-electron chi connectivity index (χ1n) is 6.03. The Morgan fingerprint density at radius 3 is 2.70 bits per heavy atom. The Hall–Kier alpha value is -1.92. The number of rotatable bonds is 5. The van der Waals surface area contributed by atoms with Crippen molar-refractivity contribution in [2.75, 3.05) is 18.4 Å². The molecule has 0 unspecified atom stereocenters. The van der Waals surface area contributed by atoms with Crippen LogP contribution >= 0.6 is 11.6 Å². The summed E-state index contributed by atoms with van der Waals surface area (Å²) in [7, 11) is 0. The fourth-order valence-electron chi connectivity index (χ4n) is 1.54. The Morgan fingerprint density at radius 1 is 1.45 bits per heavy atom. The van der Waals surface area contributed by atoms with Gasteiger partial charge in [0, 0.05) is 17.3 Å². The molecular formula is C13H16ClN3O3. The van der Waals surface area contributed by atoms with Crippen LogP contribution in [0.2, 0.25) is 5.02 Å². The highest BCUT2D eigenvalue weighted by Crippen LogP contribution is 2.19. The maximum Gasteiger partial charge on any atom is 0.318 e. The summed E-state index contributed by atoms with van der Waals surface area (Å²) >= 11 is 5.80. The summed E-state index contributed by atoms with van der Waals surface area (Å²) in [5.74, 6) is -1.79. The van der Waals surface area contributed by atoms with Crippen LogP contribution in [0.4, 0.5) is 5.69 Å². The van der Waals surface area contributed by atoms with Crippen molar-refractivity contribution in [3.05, 3.63) is 28.8 Å². The molecule has 0 aliphatic heterocycles. The predicted octanol–water partition coefficient (Wildman–Crippen LogP) is 0.921. The fraction of sp³-hybridized carbons (Fsp3) is 0.308. The minimum absolute atomic E-state index is 0.117. The Kier molecular flexibility index (Phi) is 6.14. The van der Waals surface area contributed by atoms with Gasteiger partial charge in [-0.25, -0.2) is 0 Å². The van der Waals surface area contributed by atoms with Crippen molar-refractivity contribution in [2.24, 2.45) is 5.73 Å². The van der Waals surface area contributed by atoms with Crippen LogP contribution in [0, 0.1) is 6.92 Å². The largest absolute Gasteiger partial charge is 0.330 e. The number of benzene rings is 1.